The predicted octanol–water partition coefficient (Wildman–Crippen LogP) is 1.69. The summed E-state index contributed by atoms with van der Waals surface area (Å²) in [6.07, 6.45) is 0. The zero-order valence-electron chi connectivity index (χ0n) is 10.8. The average Bonchev–Trinajstić information content (AvgIpc) is 2.43. The van der Waals surface area contributed by atoms with E-state index in [9.17, 15) is 4.79 Å². The van der Waals surface area contributed by atoms with Crippen LogP contribution in [0.1, 0.15) is 21.6 Å². The van der Waals surface area contributed by atoms with Crippen molar-refractivity contribution in [3.63, 3.8) is 0 Å². The number of rotatable bonds is 3. The van der Waals surface area contributed by atoms with E-state index in [-0.39, 0.29) is 5.69 Å². The molecule has 6 nitrogen and oxygen atoms in total. The second-order valence-electron chi connectivity index (χ2n) is 4.27. The summed E-state index contributed by atoms with van der Waals surface area (Å²) in [6, 6.07) is 10.3. The van der Waals surface area contributed by atoms with Crippen molar-refractivity contribution in [1.29, 1.82) is 5.26 Å². The third kappa shape index (κ3) is 2.67. The van der Waals surface area contributed by atoms with Crippen LogP contribution in [0.25, 0.3) is 0 Å². The van der Waals surface area contributed by atoms with Gasteiger partial charge in [-0.15, -0.1) is 0 Å². The first-order valence-electron chi connectivity index (χ1n) is 5.85. The van der Waals surface area contributed by atoms with Gasteiger partial charge in [-0.3, -0.25) is 4.79 Å². The zero-order valence-corrected chi connectivity index (χ0v) is 10.8. The third-order valence-electron chi connectivity index (χ3n) is 2.80. The molecule has 1 aromatic heterocycles. The van der Waals surface area contributed by atoms with Crippen molar-refractivity contribution in [1.82, 2.24) is 4.98 Å². The summed E-state index contributed by atoms with van der Waals surface area (Å²) in [7, 11) is 0. The van der Waals surface area contributed by atoms with Gasteiger partial charge in [0.2, 0.25) is 0 Å². The van der Waals surface area contributed by atoms with E-state index >= 15 is 0 Å². The van der Waals surface area contributed by atoms with E-state index in [1.54, 1.807) is 18.2 Å². The van der Waals surface area contributed by atoms with Gasteiger partial charge in [0.05, 0.1) is 17.3 Å². The van der Waals surface area contributed by atoms with Crippen LogP contribution in [-0.2, 0) is 0 Å². The lowest BCUT2D eigenvalue weighted by molar-refractivity contribution is 0.0996. The Morgan fingerprint density at radius 2 is 2.10 bits per heavy atom. The summed E-state index contributed by atoms with van der Waals surface area (Å²) in [6.45, 7) is 1.89. The lowest BCUT2D eigenvalue weighted by Gasteiger charge is -2.11. The Hall–Kier alpha value is -3.07. The topological polar surface area (TPSA) is 118 Å². The van der Waals surface area contributed by atoms with Crippen LogP contribution in [0.5, 0.6) is 0 Å². The maximum Gasteiger partial charge on any atom is 0.267 e. The molecule has 0 saturated carbocycles. The summed E-state index contributed by atoms with van der Waals surface area (Å²) in [5, 5.41) is 11.9. The molecule has 1 amide bonds. The number of hydrogen-bond acceptors (Lipinski definition) is 5. The molecule has 6 heteroatoms. The number of carbonyl (C=O) groups excluding carboxylic acids is 1. The Kier molecular flexibility index (Phi) is 3.53. The van der Waals surface area contributed by atoms with E-state index in [0.29, 0.717) is 22.8 Å². The van der Waals surface area contributed by atoms with Crippen LogP contribution < -0.4 is 16.8 Å². The minimum absolute atomic E-state index is 0.121. The Bertz CT molecular complexity index is 718. The van der Waals surface area contributed by atoms with Gasteiger partial charge in [0, 0.05) is 5.69 Å². The normalized spacial score (nSPS) is 9.80. The molecule has 5 N–H and O–H groups in total. The van der Waals surface area contributed by atoms with Crippen LogP contribution in [0.2, 0.25) is 0 Å². The minimum atomic E-state index is -0.629. The van der Waals surface area contributed by atoms with Crippen LogP contribution in [0.15, 0.2) is 30.3 Å². The number of anilines is 3. The molecule has 2 aromatic rings. The number of nitrogens with zero attached hydrogens (tertiary/aromatic N) is 2. The first-order chi connectivity index (χ1) is 9.51. The molecule has 0 spiro atoms. The number of nitrogens with two attached hydrogens (primary N) is 2. The first-order valence-corrected chi connectivity index (χ1v) is 5.85. The number of carbonyl (C=O) groups is 1. The van der Waals surface area contributed by atoms with Gasteiger partial charge < -0.3 is 16.8 Å². The van der Waals surface area contributed by atoms with Crippen LogP contribution in [0.3, 0.4) is 0 Å². The van der Waals surface area contributed by atoms with E-state index in [4.69, 9.17) is 16.7 Å². The number of benzene rings is 1. The number of hydrogen-bond donors (Lipinski definition) is 3. The van der Waals surface area contributed by atoms with Crippen molar-refractivity contribution in [2.75, 3.05) is 11.1 Å². The Morgan fingerprint density at radius 1 is 1.35 bits per heavy atom. The molecule has 0 unspecified atom stereocenters. The third-order valence-corrected chi connectivity index (χ3v) is 2.80. The van der Waals surface area contributed by atoms with E-state index in [2.05, 4.69) is 16.4 Å². The molecule has 1 heterocycles. The highest BCUT2D eigenvalue weighted by Gasteiger charge is 2.09. The number of nitriles is 1. The molecular weight excluding hydrogens is 254 g/mol. The number of primary amides is 1. The Morgan fingerprint density at radius 3 is 2.75 bits per heavy atom. The van der Waals surface area contributed by atoms with Crippen molar-refractivity contribution in [2.45, 2.75) is 6.92 Å². The number of nitrogen functional groups attached to an aromatic ring is 1. The van der Waals surface area contributed by atoms with E-state index in [1.165, 1.54) is 6.07 Å². The smallest absolute Gasteiger partial charge is 0.267 e. The van der Waals surface area contributed by atoms with E-state index in [1.807, 2.05) is 13.0 Å². The number of pyridine rings is 1. The summed E-state index contributed by atoms with van der Waals surface area (Å²) >= 11 is 0. The van der Waals surface area contributed by atoms with Crippen LogP contribution in [0.4, 0.5) is 17.2 Å². The van der Waals surface area contributed by atoms with Crippen molar-refractivity contribution in [3.8, 4) is 6.07 Å². The van der Waals surface area contributed by atoms with Gasteiger partial charge in [-0.05, 0) is 36.8 Å². The Balaban J connectivity index is 2.42. The molecule has 100 valence electrons. The minimum Gasteiger partial charge on any atom is -0.396 e. The van der Waals surface area contributed by atoms with Gasteiger partial charge in [0.25, 0.3) is 5.91 Å². The van der Waals surface area contributed by atoms with Gasteiger partial charge in [0.15, 0.2) is 5.82 Å². The van der Waals surface area contributed by atoms with E-state index in [0.717, 1.165) is 5.56 Å². The summed E-state index contributed by atoms with van der Waals surface area (Å²) < 4.78 is 0. The molecule has 20 heavy (non-hydrogen) atoms. The molecular formula is C14H13N5O. The summed E-state index contributed by atoms with van der Waals surface area (Å²) in [4.78, 5) is 15.2. The van der Waals surface area contributed by atoms with Gasteiger partial charge in [-0.1, -0.05) is 6.07 Å². The number of aryl methyl sites for hydroxylation is 1. The van der Waals surface area contributed by atoms with E-state index < -0.39 is 5.91 Å². The molecule has 0 atom stereocenters. The molecule has 0 aliphatic carbocycles. The predicted molar refractivity (Wildman–Crippen MR) is 76.3 cm³/mol. The molecule has 2 rings (SSSR count). The maximum atomic E-state index is 11.1. The van der Waals surface area contributed by atoms with Crippen LogP contribution >= 0.6 is 0 Å². The van der Waals surface area contributed by atoms with Crippen molar-refractivity contribution >= 4 is 23.1 Å². The number of nitrogens with one attached hydrogen (secondary N) is 1. The quantitative estimate of drug-likeness (QED) is 0.782. The number of amides is 1. The fraction of sp³-hybridized carbons (Fsp3) is 0.0714. The fourth-order valence-corrected chi connectivity index (χ4v) is 1.66. The molecule has 1 aromatic carbocycles. The second-order valence-corrected chi connectivity index (χ2v) is 4.27. The highest BCUT2D eigenvalue weighted by Crippen LogP contribution is 2.24. The second kappa shape index (κ2) is 5.28. The molecule has 0 aliphatic heterocycles. The van der Waals surface area contributed by atoms with Gasteiger partial charge in [0.1, 0.15) is 5.69 Å². The van der Waals surface area contributed by atoms with Gasteiger partial charge in [-0.25, -0.2) is 4.98 Å². The fourth-order valence-electron chi connectivity index (χ4n) is 1.66. The van der Waals surface area contributed by atoms with Crippen molar-refractivity contribution in [2.24, 2.45) is 5.73 Å². The average molecular weight is 267 g/mol. The summed E-state index contributed by atoms with van der Waals surface area (Å²) in [5.74, 6) is -0.296. The van der Waals surface area contributed by atoms with Gasteiger partial charge in [-0.2, -0.15) is 5.26 Å². The maximum absolute atomic E-state index is 11.1. The highest BCUT2D eigenvalue weighted by molar-refractivity contribution is 5.92. The summed E-state index contributed by atoms with van der Waals surface area (Å²) in [5.41, 5.74) is 13.7. The standard InChI is InChI=1S/C14H13N5O/c1-8-2-3-9(7-15)6-12(8)19-14-10(16)4-5-11(18-14)13(17)20/h2-6H,16H2,1H3,(H2,17,20)(H,18,19). The molecule has 0 fully saturated rings. The van der Waals surface area contributed by atoms with Crippen LogP contribution in [-0.4, -0.2) is 10.9 Å². The monoisotopic (exact) mass is 267 g/mol. The lowest BCUT2D eigenvalue weighted by Crippen LogP contribution is -2.14. The SMILES string of the molecule is Cc1ccc(C#N)cc1Nc1nc(C(N)=O)ccc1N. The molecule has 0 radical (unpaired) electrons. The van der Waals surface area contributed by atoms with Gasteiger partial charge >= 0.3 is 0 Å². The highest BCUT2D eigenvalue weighted by atomic mass is 16.1. The molecule has 0 aliphatic rings. The molecule has 0 bridgehead atoms. The van der Waals surface area contributed by atoms with Crippen LogP contribution in [0, 0.1) is 18.3 Å². The Labute approximate surface area is 116 Å². The first kappa shape index (κ1) is 13.4. The van der Waals surface area contributed by atoms with Crippen molar-refractivity contribution < 1.29 is 4.79 Å². The zero-order chi connectivity index (χ0) is 14.7. The molecule has 0 saturated heterocycles. The van der Waals surface area contributed by atoms with Crippen molar-refractivity contribution in [3.05, 3.63) is 47.2 Å². The number of aromatic nitrogens is 1. The lowest BCUT2D eigenvalue weighted by atomic mass is 10.1. The largest absolute Gasteiger partial charge is 0.396 e.